The number of carbonyl (C=O) groups is 1. The number of thioether (sulfide) groups is 2. The average molecular weight is 388 g/mol. The molecule has 2 heterocycles. The molecule has 3 rings (SSSR count). The van der Waals surface area contributed by atoms with Gasteiger partial charge in [0.05, 0.1) is 5.75 Å². The van der Waals surface area contributed by atoms with Crippen molar-refractivity contribution >= 4 is 56.6 Å². The topological polar surface area (TPSA) is 68.0 Å². The number of carboxylic acid groups (broad SMARTS) is 1. The minimum absolute atomic E-state index is 0.0107. The minimum Gasteiger partial charge on any atom is -0.481 e. The predicted molar refractivity (Wildman–Crippen MR) is 89.1 cm³/mol. The Morgan fingerprint density at radius 2 is 2.33 bits per heavy atom. The molecule has 0 bridgehead atoms. The average Bonchev–Trinajstić information content (AvgIpc) is 3.14. The van der Waals surface area contributed by atoms with Crippen molar-refractivity contribution in [3.63, 3.8) is 0 Å². The molecule has 2 aromatic heterocycles. The number of carboxylic acids is 1. The Labute approximate surface area is 139 Å². The fourth-order valence-electron chi connectivity index (χ4n) is 2.20. The Balaban J connectivity index is 2.00. The Hall–Kier alpha value is -0.730. The second-order valence-corrected chi connectivity index (χ2v) is 8.18. The van der Waals surface area contributed by atoms with E-state index in [1.165, 1.54) is 24.6 Å². The summed E-state index contributed by atoms with van der Waals surface area (Å²) in [7, 11) is 0. The molecule has 21 heavy (non-hydrogen) atoms. The molecular weight excluding hydrogens is 374 g/mol. The van der Waals surface area contributed by atoms with E-state index in [2.05, 4.69) is 36.7 Å². The Kier molecular flexibility index (Phi) is 4.20. The number of hydrogen-bond donors (Lipinski definition) is 1. The first-order chi connectivity index (χ1) is 10.0. The largest absolute Gasteiger partial charge is 0.481 e. The van der Waals surface area contributed by atoms with E-state index in [-0.39, 0.29) is 10.5 Å². The third kappa shape index (κ3) is 3.22. The number of aromatic nitrogens is 3. The summed E-state index contributed by atoms with van der Waals surface area (Å²) in [5.74, 6) is -0.824. The van der Waals surface area contributed by atoms with Crippen LogP contribution in [-0.2, 0) is 11.3 Å². The second kappa shape index (κ2) is 5.81. The van der Waals surface area contributed by atoms with Gasteiger partial charge in [-0.15, -0.1) is 0 Å². The summed E-state index contributed by atoms with van der Waals surface area (Å²) in [6, 6.07) is 1.92. The molecule has 112 valence electrons. The van der Waals surface area contributed by atoms with Crippen molar-refractivity contribution in [3.8, 4) is 0 Å². The van der Waals surface area contributed by atoms with Crippen LogP contribution in [0.1, 0.15) is 12.8 Å². The molecule has 0 unspecified atom stereocenters. The van der Waals surface area contributed by atoms with Crippen LogP contribution >= 0.6 is 39.5 Å². The van der Waals surface area contributed by atoms with E-state index in [9.17, 15) is 4.79 Å². The molecule has 0 amide bonds. The highest BCUT2D eigenvalue weighted by Crippen LogP contribution is 2.49. The van der Waals surface area contributed by atoms with Gasteiger partial charge in [0.1, 0.15) is 5.52 Å². The second-order valence-electron chi connectivity index (χ2n) is 5.05. The van der Waals surface area contributed by atoms with Crippen molar-refractivity contribution in [1.82, 2.24) is 14.5 Å². The maximum absolute atomic E-state index is 10.8. The third-order valence-corrected chi connectivity index (χ3v) is 6.33. The molecule has 0 aliphatic heterocycles. The van der Waals surface area contributed by atoms with E-state index in [0.29, 0.717) is 0 Å². The van der Waals surface area contributed by atoms with Gasteiger partial charge in [-0.2, -0.15) is 11.8 Å². The number of nitrogens with zero attached hydrogens (tertiary/aromatic N) is 3. The summed E-state index contributed by atoms with van der Waals surface area (Å²) < 4.78 is 3.21. The van der Waals surface area contributed by atoms with Crippen molar-refractivity contribution in [2.75, 3.05) is 12.0 Å². The molecule has 0 radical (unpaired) electrons. The van der Waals surface area contributed by atoms with E-state index >= 15 is 0 Å². The molecule has 1 aliphatic rings. The van der Waals surface area contributed by atoms with E-state index in [1.54, 1.807) is 6.20 Å². The van der Waals surface area contributed by atoms with E-state index in [0.717, 1.165) is 27.3 Å². The van der Waals surface area contributed by atoms with Crippen molar-refractivity contribution in [2.24, 2.45) is 0 Å². The van der Waals surface area contributed by atoms with Gasteiger partial charge in [0.15, 0.2) is 10.8 Å². The summed E-state index contributed by atoms with van der Waals surface area (Å²) in [5, 5.41) is 9.63. The van der Waals surface area contributed by atoms with Crippen LogP contribution in [0.5, 0.6) is 0 Å². The normalized spacial score (nSPS) is 16.3. The highest BCUT2D eigenvalue weighted by molar-refractivity contribution is 9.10. The fourth-order valence-corrected chi connectivity index (χ4v) is 4.01. The van der Waals surface area contributed by atoms with Crippen LogP contribution < -0.4 is 0 Å². The molecule has 0 saturated heterocycles. The van der Waals surface area contributed by atoms with Gasteiger partial charge in [0.2, 0.25) is 0 Å². The Bertz CT molecular complexity index is 700. The van der Waals surface area contributed by atoms with Crippen molar-refractivity contribution in [1.29, 1.82) is 0 Å². The van der Waals surface area contributed by atoms with E-state index in [4.69, 9.17) is 5.11 Å². The molecule has 1 aliphatic carbocycles. The van der Waals surface area contributed by atoms with E-state index in [1.807, 2.05) is 17.8 Å². The van der Waals surface area contributed by atoms with Crippen LogP contribution in [0.25, 0.3) is 11.2 Å². The lowest BCUT2D eigenvalue weighted by molar-refractivity contribution is -0.133. The number of aliphatic carboxylic acids is 1. The lowest BCUT2D eigenvalue weighted by atomic mass is 10.4. The first-order valence-corrected chi connectivity index (χ1v) is 9.45. The van der Waals surface area contributed by atoms with Gasteiger partial charge in [0, 0.05) is 22.0 Å². The molecule has 1 N–H and O–H groups in total. The number of halogens is 1. The minimum atomic E-state index is -0.834. The third-order valence-electron chi connectivity index (χ3n) is 3.53. The van der Waals surface area contributed by atoms with Gasteiger partial charge < -0.3 is 9.67 Å². The number of hydrogen-bond acceptors (Lipinski definition) is 5. The number of pyridine rings is 1. The highest BCUT2D eigenvalue weighted by atomic mass is 79.9. The van der Waals surface area contributed by atoms with Crippen LogP contribution in [0.4, 0.5) is 0 Å². The van der Waals surface area contributed by atoms with Crippen LogP contribution in [0.3, 0.4) is 0 Å². The van der Waals surface area contributed by atoms with Crippen LogP contribution in [-0.4, -0.2) is 42.4 Å². The zero-order valence-electron chi connectivity index (χ0n) is 11.4. The van der Waals surface area contributed by atoms with Gasteiger partial charge in [-0.1, -0.05) is 11.8 Å². The van der Waals surface area contributed by atoms with Gasteiger partial charge in [0.25, 0.3) is 0 Å². The fraction of sp³-hybridized carbons (Fsp3) is 0.462. The first-order valence-electron chi connectivity index (χ1n) is 6.44. The van der Waals surface area contributed by atoms with Crippen molar-refractivity contribution in [3.05, 3.63) is 16.7 Å². The van der Waals surface area contributed by atoms with Gasteiger partial charge in [-0.3, -0.25) is 4.79 Å². The zero-order valence-corrected chi connectivity index (χ0v) is 14.6. The molecule has 5 nitrogen and oxygen atoms in total. The quantitative estimate of drug-likeness (QED) is 0.767. The highest BCUT2D eigenvalue weighted by Gasteiger charge is 2.43. The molecule has 0 spiro atoms. The number of imidazole rings is 1. The number of rotatable bonds is 6. The first kappa shape index (κ1) is 15.2. The maximum Gasteiger partial charge on any atom is 0.313 e. The van der Waals surface area contributed by atoms with Crippen LogP contribution in [0, 0.1) is 0 Å². The molecule has 0 aromatic carbocycles. The summed E-state index contributed by atoms with van der Waals surface area (Å²) in [5.41, 5.74) is 1.63. The van der Waals surface area contributed by atoms with Crippen LogP contribution in [0.15, 0.2) is 21.9 Å². The maximum atomic E-state index is 10.8. The lowest BCUT2D eigenvalue weighted by Gasteiger charge is -2.15. The molecule has 0 atom stereocenters. The summed E-state index contributed by atoms with van der Waals surface area (Å²) in [6.07, 6.45) is 6.26. The molecule has 2 aromatic rings. The molecular formula is C13H14BrN3O2S2. The Morgan fingerprint density at radius 3 is 2.95 bits per heavy atom. The van der Waals surface area contributed by atoms with E-state index < -0.39 is 5.97 Å². The molecule has 1 saturated carbocycles. The van der Waals surface area contributed by atoms with Gasteiger partial charge in [-0.25, -0.2) is 9.97 Å². The van der Waals surface area contributed by atoms with Crippen LogP contribution in [0.2, 0.25) is 0 Å². The molecule has 8 heteroatoms. The lowest BCUT2D eigenvalue weighted by Crippen LogP contribution is -2.15. The SMILES string of the molecule is CSC1(Cn2c(SCC(=O)O)nc3cc(Br)cnc32)CC1. The summed E-state index contributed by atoms with van der Waals surface area (Å²) in [6.45, 7) is 0.835. The number of fused-ring (bicyclic) bond motifs is 1. The standard InChI is InChI=1S/C13H14BrN3O2S2/c1-20-13(2-3-13)7-17-11-9(4-8(14)5-15-11)16-12(17)21-6-10(18)19/h4-5H,2-3,6-7H2,1H3,(H,18,19). The summed E-state index contributed by atoms with van der Waals surface area (Å²) >= 11 is 6.52. The van der Waals surface area contributed by atoms with Crippen molar-refractivity contribution in [2.45, 2.75) is 29.3 Å². The predicted octanol–water partition coefficient (Wildman–Crippen LogP) is 3.27. The van der Waals surface area contributed by atoms with Gasteiger partial charge in [-0.05, 0) is 41.1 Å². The Morgan fingerprint density at radius 1 is 1.57 bits per heavy atom. The smallest absolute Gasteiger partial charge is 0.313 e. The monoisotopic (exact) mass is 387 g/mol. The van der Waals surface area contributed by atoms with Gasteiger partial charge >= 0.3 is 5.97 Å². The van der Waals surface area contributed by atoms with Crippen molar-refractivity contribution < 1.29 is 9.90 Å². The molecule has 1 fully saturated rings. The summed E-state index contributed by atoms with van der Waals surface area (Å²) in [4.78, 5) is 19.8. The zero-order chi connectivity index (χ0) is 15.0.